The molecule has 0 radical (unpaired) electrons. The highest BCUT2D eigenvalue weighted by Gasteiger charge is 2.63. The average molecular weight is 365 g/mol. The van der Waals surface area contributed by atoms with E-state index in [4.69, 9.17) is 21.1 Å². The van der Waals surface area contributed by atoms with Crippen LogP contribution in [0.2, 0.25) is 5.02 Å². The summed E-state index contributed by atoms with van der Waals surface area (Å²) in [6.45, 7) is 2.56. The van der Waals surface area contributed by atoms with Crippen LogP contribution in [0.5, 0.6) is 5.75 Å². The number of likely N-dealkylation sites (tertiary alicyclic amines) is 1. The molecular weight excluding hydrogens is 340 g/mol. The van der Waals surface area contributed by atoms with Crippen molar-refractivity contribution in [1.29, 1.82) is 0 Å². The minimum atomic E-state index is -0.114. The van der Waals surface area contributed by atoms with E-state index < -0.39 is 0 Å². The van der Waals surface area contributed by atoms with Gasteiger partial charge in [0.2, 0.25) is 0 Å². The molecule has 3 fully saturated rings. The third kappa shape index (κ3) is 3.14. The molecule has 2 bridgehead atoms. The molecule has 0 N–H and O–H groups in total. The highest BCUT2D eigenvalue weighted by Crippen LogP contribution is 2.54. The highest BCUT2D eigenvalue weighted by atomic mass is 35.5. The van der Waals surface area contributed by atoms with Gasteiger partial charge in [0.25, 0.3) is 5.91 Å². The number of rotatable bonds is 5. The van der Waals surface area contributed by atoms with Gasteiger partial charge in [-0.3, -0.25) is 4.79 Å². The SMILES string of the molecule is CN(C)C[C@H]1[C@H]2CN(C(=O)COc3cccc(Cl)c3)C[C@]23CC[C@H]1O3. The van der Waals surface area contributed by atoms with Gasteiger partial charge in [-0.2, -0.15) is 0 Å². The second-order valence-electron chi connectivity index (χ2n) is 7.81. The fourth-order valence-electron chi connectivity index (χ4n) is 4.84. The number of nitrogens with zero attached hydrogens (tertiary/aromatic N) is 2. The van der Waals surface area contributed by atoms with Crippen molar-refractivity contribution in [3.63, 3.8) is 0 Å². The fraction of sp³-hybridized carbons (Fsp3) is 0.632. The Morgan fingerprint density at radius 3 is 3.08 bits per heavy atom. The Morgan fingerprint density at radius 2 is 2.32 bits per heavy atom. The Bertz CT molecular complexity index is 668. The predicted molar refractivity (Wildman–Crippen MR) is 95.9 cm³/mol. The van der Waals surface area contributed by atoms with Gasteiger partial charge >= 0.3 is 0 Å². The first-order valence-corrected chi connectivity index (χ1v) is 9.33. The van der Waals surface area contributed by atoms with Gasteiger partial charge in [-0.05, 0) is 45.1 Å². The third-order valence-corrected chi connectivity index (χ3v) is 6.11. The second kappa shape index (κ2) is 6.45. The zero-order chi connectivity index (χ0) is 17.6. The lowest BCUT2D eigenvalue weighted by Crippen LogP contribution is -2.40. The van der Waals surface area contributed by atoms with Gasteiger partial charge < -0.3 is 19.3 Å². The molecule has 1 aromatic rings. The van der Waals surface area contributed by atoms with E-state index in [9.17, 15) is 4.79 Å². The maximum atomic E-state index is 12.6. The quantitative estimate of drug-likeness (QED) is 0.804. The van der Waals surface area contributed by atoms with Crippen molar-refractivity contribution in [1.82, 2.24) is 9.80 Å². The molecule has 1 spiro atoms. The zero-order valence-corrected chi connectivity index (χ0v) is 15.5. The van der Waals surface area contributed by atoms with Crippen molar-refractivity contribution in [2.75, 3.05) is 40.3 Å². The molecule has 6 heteroatoms. The van der Waals surface area contributed by atoms with Crippen molar-refractivity contribution in [3.8, 4) is 5.75 Å². The van der Waals surface area contributed by atoms with Crippen molar-refractivity contribution in [2.24, 2.45) is 11.8 Å². The lowest BCUT2D eigenvalue weighted by molar-refractivity contribution is -0.133. The number of amides is 1. The molecule has 5 nitrogen and oxygen atoms in total. The molecule has 0 aromatic heterocycles. The first-order chi connectivity index (χ1) is 12.0. The molecule has 3 saturated heterocycles. The summed E-state index contributed by atoms with van der Waals surface area (Å²) in [4.78, 5) is 16.8. The van der Waals surface area contributed by atoms with E-state index in [1.54, 1.807) is 12.1 Å². The maximum Gasteiger partial charge on any atom is 0.260 e. The van der Waals surface area contributed by atoms with Crippen molar-refractivity contribution in [3.05, 3.63) is 29.3 Å². The van der Waals surface area contributed by atoms with Crippen LogP contribution in [0, 0.1) is 11.8 Å². The molecule has 3 aliphatic heterocycles. The lowest BCUT2D eigenvalue weighted by Gasteiger charge is -2.30. The van der Waals surface area contributed by atoms with E-state index in [-0.39, 0.29) is 18.1 Å². The largest absolute Gasteiger partial charge is 0.484 e. The number of carbonyl (C=O) groups excluding carboxylic acids is 1. The summed E-state index contributed by atoms with van der Waals surface area (Å²) in [5.41, 5.74) is -0.114. The normalized spacial score (nSPS) is 33.1. The Kier molecular flexibility index (Phi) is 4.42. The molecule has 0 aliphatic carbocycles. The van der Waals surface area contributed by atoms with Crippen LogP contribution in [0.25, 0.3) is 0 Å². The summed E-state index contributed by atoms with van der Waals surface area (Å²) in [7, 11) is 4.21. The van der Waals surface area contributed by atoms with Crippen LogP contribution in [0.15, 0.2) is 24.3 Å². The summed E-state index contributed by atoms with van der Waals surface area (Å²) < 4.78 is 12.0. The summed E-state index contributed by atoms with van der Waals surface area (Å²) in [6, 6.07) is 7.15. The Balaban J connectivity index is 1.39. The standard InChI is InChI=1S/C19H25ClN2O3/c1-21(2)9-15-16-10-22(12-19(16)7-6-17(15)25-19)18(23)11-24-14-5-3-4-13(20)8-14/h3-5,8,15-17H,6-7,9-12H2,1-2H3/t15-,16+,17+,19+/m0/s1. The number of fused-ring (bicyclic) bond motifs is 1. The molecule has 4 rings (SSSR count). The molecule has 136 valence electrons. The molecule has 0 saturated carbocycles. The molecule has 3 aliphatic rings. The smallest absolute Gasteiger partial charge is 0.260 e. The Morgan fingerprint density at radius 1 is 1.48 bits per heavy atom. The van der Waals surface area contributed by atoms with Crippen LogP contribution in [0.3, 0.4) is 0 Å². The van der Waals surface area contributed by atoms with Crippen LogP contribution >= 0.6 is 11.6 Å². The molecule has 4 atom stereocenters. The Hall–Kier alpha value is -1.30. The van der Waals surface area contributed by atoms with Crippen LogP contribution in [-0.2, 0) is 9.53 Å². The monoisotopic (exact) mass is 364 g/mol. The number of halogens is 1. The van der Waals surface area contributed by atoms with E-state index in [0.29, 0.717) is 35.3 Å². The maximum absolute atomic E-state index is 12.6. The van der Waals surface area contributed by atoms with E-state index >= 15 is 0 Å². The number of hydrogen-bond acceptors (Lipinski definition) is 4. The van der Waals surface area contributed by atoms with E-state index in [0.717, 1.165) is 25.9 Å². The molecule has 1 amide bonds. The molecule has 25 heavy (non-hydrogen) atoms. The lowest BCUT2D eigenvalue weighted by atomic mass is 9.73. The average Bonchev–Trinajstić information content (AvgIpc) is 3.22. The number of ether oxygens (including phenoxy) is 2. The minimum Gasteiger partial charge on any atom is -0.484 e. The second-order valence-corrected chi connectivity index (χ2v) is 8.25. The van der Waals surface area contributed by atoms with Gasteiger partial charge in [0.05, 0.1) is 18.2 Å². The van der Waals surface area contributed by atoms with Gasteiger partial charge in [0.15, 0.2) is 6.61 Å². The van der Waals surface area contributed by atoms with E-state index in [2.05, 4.69) is 19.0 Å². The van der Waals surface area contributed by atoms with Gasteiger partial charge in [-0.15, -0.1) is 0 Å². The first-order valence-electron chi connectivity index (χ1n) is 8.95. The van der Waals surface area contributed by atoms with Crippen molar-refractivity contribution in [2.45, 2.75) is 24.5 Å². The van der Waals surface area contributed by atoms with Crippen molar-refractivity contribution < 1.29 is 14.3 Å². The van der Waals surface area contributed by atoms with E-state index in [1.807, 2.05) is 17.0 Å². The fourth-order valence-corrected chi connectivity index (χ4v) is 5.02. The minimum absolute atomic E-state index is 0.0272. The molecular formula is C19H25ClN2O3. The number of hydrogen-bond donors (Lipinski definition) is 0. The van der Waals surface area contributed by atoms with Gasteiger partial charge in [-0.25, -0.2) is 0 Å². The van der Waals surface area contributed by atoms with Gasteiger partial charge in [-0.1, -0.05) is 17.7 Å². The summed E-state index contributed by atoms with van der Waals surface area (Å²) in [6.07, 6.45) is 2.56. The zero-order valence-electron chi connectivity index (χ0n) is 14.8. The van der Waals surface area contributed by atoms with Gasteiger partial charge in [0, 0.05) is 29.9 Å². The first kappa shape index (κ1) is 17.1. The molecule has 0 unspecified atom stereocenters. The number of benzene rings is 1. The molecule has 3 heterocycles. The summed E-state index contributed by atoms with van der Waals surface area (Å²) >= 11 is 5.96. The Labute approximate surface area is 153 Å². The summed E-state index contributed by atoms with van der Waals surface area (Å²) in [5.74, 6) is 1.62. The highest BCUT2D eigenvalue weighted by molar-refractivity contribution is 6.30. The van der Waals surface area contributed by atoms with E-state index in [1.165, 1.54) is 0 Å². The predicted octanol–water partition coefficient (Wildman–Crippen LogP) is 2.29. The van der Waals surface area contributed by atoms with Crippen LogP contribution in [-0.4, -0.2) is 67.7 Å². The topological polar surface area (TPSA) is 42.0 Å². The van der Waals surface area contributed by atoms with Crippen molar-refractivity contribution >= 4 is 17.5 Å². The number of carbonyl (C=O) groups is 1. The van der Waals surface area contributed by atoms with Gasteiger partial charge in [0.1, 0.15) is 5.75 Å². The third-order valence-electron chi connectivity index (χ3n) is 5.87. The van der Waals surface area contributed by atoms with Crippen LogP contribution < -0.4 is 4.74 Å². The summed E-state index contributed by atoms with van der Waals surface area (Å²) in [5, 5.41) is 0.608. The van der Waals surface area contributed by atoms with Crippen LogP contribution in [0.1, 0.15) is 12.8 Å². The molecule has 1 aromatic carbocycles. The van der Waals surface area contributed by atoms with Crippen LogP contribution in [0.4, 0.5) is 0 Å².